The largest absolute Gasteiger partial charge is 0.391 e. The minimum absolute atomic E-state index is 0.133. The number of aliphatic hydroxyl groups excluding tert-OH is 1. The summed E-state index contributed by atoms with van der Waals surface area (Å²) in [6, 6.07) is -0.423. The lowest BCUT2D eigenvalue weighted by Crippen LogP contribution is -2.42. The van der Waals surface area contributed by atoms with Crippen LogP contribution in [0.4, 0.5) is 0 Å². The summed E-state index contributed by atoms with van der Waals surface area (Å²) in [6.07, 6.45) is 3.56. The number of rotatable bonds is 3. The summed E-state index contributed by atoms with van der Waals surface area (Å²) in [6.45, 7) is 1.61. The molecular weight excluding hydrogens is 308 g/mol. The molecule has 2 N–H and O–H groups in total. The summed E-state index contributed by atoms with van der Waals surface area (Å²) >= 11 is 6.67. The molecule has 1 aliphatic carbocycles. The Morgan fingerprint density at radius 1 is 1.37 bits per heavy atom. The van der Waals surface area contributed by atoms with Crippen LogP contribution in [0.2, 0.25) is 4.47 Å². The summed E-state index contributed by atoms with van der Waals surface area (Å²) in [4.78, 5) is 3.91. The molecule has 0 saturated heterocycles. The van der Waals surface area contributed by atoms with Crippen LogP contribution in [0.1, 0.15) is 37.8 Å². The zero-order chi connectivity index (χ0) is 14.0. The Bertz CT molecular complexity index is 544. The summed E-state index contributed by atoms with van der Waals surface area (Å²) < 4.78 is 27.5. The second-order valence-corrected chi connectivity index (χ2v) is 8.26. The van der Waals surface area contributed by atoms with Gasteiger partial charge in [0.1, 0.15) is 0 Å². The molecule has 108 valence electrons. The fraction of sp³-hybridized carbons (Fsp3) is 0.727. The number of nitrogens with one attached hydrogen (secondary N) is 1. The fourth-order valence-corrected chi connectivity index (χ4v) is 5.34. The van der Waals surface area contributed by atoms with Gasteiger partial charge in [0, 0.05) is 6.04 Å². The molecular formula is C11H17ClN2O3S2. The van der Waals surface area contributed by atoms with Gasteiger partial charge in [0.05, 0.1) is 11.8 Å². The van der Waals surface area contributed by atoms with Gasteiger partial charge in [-0.1, -0.05) is 42.2 Å². The van der Waals surface area contributed by atoms with E-state index in [1.165, 1.54) is 0 Å². The quantitative estimate of drug-likeness (QED) is 0.834. The molecule has 1 aliphatic rings. The van der Waals surface area contributed by atoms with Crippen LogP contribution in [-0.2, 0) is 10.0 Å². The van der Waals surface area contributed by atoms with Crippen molar-refractivity contribution in [3.63, 3.8) is 0 Å². The molecule has 1 aromatic rings. The summed E-state index contributed by atoms with van der Waals surface area (Å²) in [5.74, 6) is 0. The van der Waals surface area contributed by atoms with Crippen LogP contribution in [0.25, 0.3) is 0 Å². The molecule has 0 radical (unpaired) electrons. The highest BCUT2D eigenvalue weighted by Crippen LogP contribution is 2.28. The van der Waals surface area contributed by atoms with E-state index in [9.17, 15) is 13.5 Å². The molecule has 1 heterocycles. The maximum absolute atomic E-state index is 12.3. The molecule has 0 bridgehead atoms. The minimum Gasteiger partial charge on any atom is -0.391 e. The third-order valence-corrected chi connectivity index (χ3v) is 6.62. The fourth-order valence-electron chi connectivity index (χ4n) is 2.28. The molecule has 5 nitrogen and oxygen atoms in total. The number of hydrogen-bond acceptors (Lipinski definition) is 5. The number of aryl methyl sites for hydroxylation is 1. The summed E-state index contributed by atoms with van der Waals surface area (Å²) in [7, 11) is -3.66. The number of thiazole rings is 1. The molecule has 2 unspecified atom stereocenters. The Morgan fingerprint density at radius 2 is 2.05 bits per heavy atom. The summed E-state index contributed by atoms with van der Waals surface area (Å²) in [5.41, 5.74) is 0.394. The first-order chi connectivity index (χ1) is 8.90. The van der Waals surface area contributed by atoms with Crippen molar-refractivity contribution in [1.82, 2.24) is 9.71 Å². The molecule has 1 saturated carbocycles. The highest BCUT2D eigenvalue weighted by atomic mass is 35.5. The van der Waals surface area contributed by atoms with Crippen molar-refractivity contribution < 1.29 is 13.5 Å². The summed E-state index contributed by atoms with van der Waals surface area (Å²) in [5, 5.41) is 9.97. The maximum atomic E-state index is 12.3. The molecule has 2 atom stereocenters. The maximum Gasteiger partial charge on any atom is 0.252 e. The molecule has 1 aromatic heterocycles. The van der Waals surface area contributed by atoms with Crippen molar-refractivity contribution in [3.05, 3.63) is 10.2 Å². The lowest BCUT2D eigenvalue weighted by atomic mass is 10.1. The Labute approximate surface area is 122 Å². The number of halogens is 1. The van der Waals surface area contributed by atoms with Gasteiger partial charge < -0.3 is 5.11 Å². The van der Waals surface area contributed by atoms with E-state index in [4.69, 9.17) is 11.6 Å². The van der Waals surface area contributed by atoms with Crippen LogP contribution >= 0.6 is 22.9 Å². The predicted molar refractivity (Wildman–Crippen MR) is 75.1 cm³/mol. The van der Waals surface area contributed by atoms with Crippen molar-refractivity contribution in [1.29, 1.82) is 0 Å². The van der Waals surface area contributed by atoms with E-state index in [2.05, 4.69) is 9.71 Å². The predicted octanol–water partition coefficient (Wildman–Crippen LogP) is 2.08. The molecule has 19 heavy (non-hydrogen) atoms. The van der Waals surface area contributed by atoms with E-state index in [0.29, 0.717) is 18.5 Å². The van der Waals surface area contributed by atoms with E-state index in [1.54, 1.807) is 6.92 Å². The van der Waals surface area contributed by atoms with E-state index in [-0.39, 0.29) is 8.68 Å². The Hall–Kier alpha value is -0.210. The molecule has 8 heteroatoms. The first kappa shape index (κ1) is 15.2. The van der Waals surface area contributed by atoms with Crippen molar-refractivity contribution in [2.24, 2.45) is 0 Å². The molecule has 0 aliphatic heterocycles. The van der Waals surface area contributed by atoms with Gasteiger partial charge in [0.25, 0.3) is 10.0 Å². The standard InChI is InChI=1S/C11H17ClN2O3S2/c1-7-10(18-11(12)13-7)19(16,17)14-8-5-3-2-4-6-9(8)15/h8-9,14-15H,2-6H2,1H3. The highest BCUT2D eigenvalue weighted by Gasteiger charge is 2.29. The van der Waals surface area contributed by atoms with Crippen molar-refractivity contribution in [2.75, 3.05) is 0 Å². The van der Waals surface area contributed by atoms with Crippen LogP contribution in [-0.4, -0.2) is 30.7 Å². The molecule has 0 aromatic carbocycles. The third-order valence-electron chi connectivity index (χ3n) is 3.26. The average molecular weight is 325 g/mol. The lowest BCUT2D eigenvalue weighted by Gasteiger charge is -2.21. The highest BCUT2D eigenvalue weighted by molar-refractivity contribution is 7.91. The number of aliphatic hydroxyl groups is 1. The Morgan fingerprint density at radius 3 is 2.68 bits per heavy atom. The monoisotopic (exact) mass is 324 g/mol. The van der Waals surface area contributed by atoms with E-state index in [0.717, 1.165) is 30.6 Å². The van der Waals surface area contributed by atoms with Crippen LogP contribution in [0.15, 0.2) is 4.21 Å². The van der Waals surface area contributed by atoms with Crippen LogP contribution in [0, 0.1) is 6.92 Å². The van der Waals surface area contributed by atoms with Gasteiger partial charge in [-0.3, -0.25) is 0 Å². The van der Waals surface area contributed by atoms with Crippen molar-refractivity contribution in [2.45, 2.75) is 55.4 Å². The van der Waals surface area contributed by atoms with E-state index >= 15 is 0 Å². The SMILES string of the molecule is Cc1nc(Cl)sc1S(=O)(=O)NC1CCCCCC1O. The molecule has 0 spiro atoms. The van der Waals surface area contributed by atoms with Gasteiger partial charge in [-0.15, -0.1) is 0 Å². The minimum atomic E-state index is -3.66. The zero-order valence-electron chi connectivity index (χ0n) is 10.6. The first-order valence-corrected chi connectivity index (χ1v) is 8.91. The molecule has 2 rings (SSSR count). The lowest BCUT2D eigenvalue weighted by molar-refractivity contribution is 0.130. The topological polar surface area (TPSA) is 79.3 Å². The van der Waals surface area contributed by atoms with E-state index in [1.807, 2.05) is 0 Å². The van der Waals surface area contributed by atoms with Gasteiger partial charge >= 0.3 is 0 Å². The number of sulfonamides is 1. The first-order valence-electron chi connectivity index (χ1n) is 6.23. The number of aromatic nitrogens is 1. The van der Waals surface area contributed by atoms with Crippen molar-refractivity contribution in [3.8, 4) is 0 Å². The third kappa shape index (κ3) is 3.66. The van der Waals surface area contributed by atoms with Crippen LogP contribution in [0.3, 0.4) is 0 Å². The van der Waals surface area contributed by atoms with Crippen molar-refractivity contribution >= 4 is 33.0 Å². The Kier molecular flexibility index (Phi) is 4.84. The second kappa shape index (κ2) is 6.05. The van der Waals surface area contributed by atoms with Gasteiger partial charge in [-0.05, 0) is 19.8 Å². The van der Waals surface area contributed by atoms with Gasteiger partial charge in [0.2, 0.25) is 0 Å². The van der Waals surface area contributed by atoms with Crippen LogP contribution in [0.5, 0.6) is 0 Å². The second-order valence-electron chi connectivity index (χ2n) is 4.77. The number of nitrogens with zero attached hydrogens (tertiary/aromatic N) is 1. The Balaban J connectivity index is 2.18. The van der Waals surface area contributed by atoms with Gasteiger partial charge in [-0.25, -0.2) is 18.1 Å². The normalized spacial score (nSPS) is 25.2. The van der Waals surface area contributed by atoms with E-state index < -0.39 is 22.2 Å². The number of hydrogen-bond donors (Lipinski definition) is 2. The van der Waals surface area contributed by atoms with Crippen LogP contribution < -0.4 is 4.72 Å². The average Bonchev–Trinajstić information content (AvgIpc) is 2.54. The molecule has 1 fully saturated rings. The smallest absolute Gasteiger partial charge is 0.252 e. The molecule has 0 amide bonds. The zero-order valence-corrected chi connectivity index (χ0v) is 13.0. The van der Waals surface area contributed by atoms with Gasteiger partial charge in [0.15, 0.2) is 8.68 Å². The van der Waals surface area contributed by atoms with Gasteiger partial charge in [-0.2, -0.15) is 0 Å².